The lowest BCUT2D eigenvalue weighted by Gasteiger charge is -2.28. The molecular weight excluding hydrogens is 292 g/mol. The summed E-state index contributed by atoms with van der Waals surface area (Å²) in [6, 6.07) is 6.83. The molecule has 1 aliphatic rings. The molecule has 1 fully saturated rings. The van der Waals surface area contributed by atoms with Crippen molar-refractivity contribution < 1.29 is 14.3 Å². The summed E-state index contributed by atoms with van der Waals surface area (Å²) in [7, 11) is 0. The molecule has 1 aromatic rings. The predicted octanol–water partition coefficient (Wildman–Crippen LogP) is 1.77. The lowest BCUT2D eigenvalue weighted by molar-refractivity contribution is -0.136. The van der Waals surface area contributed by atoms with Gasteiger partial charge in [0, 0.05) is 25.0 Å². The van der Waals surface area contributed by atoms with Gasteiger partial charge in [-0.25, -0.2) is 0 Å². The minimum Gasteiger partial charge on any atom is -0.378 e. The van der Waals surface area contributed by atoms with E-state index in [1.165, 1.54) is 6.92 Å². The molecular formula is C15H19ClN2O3. The number of nitrogens with one attached hydrogen (secondary N) is 1. The van der Waals surface area contributed by atoms with Gasteiger partial charge in [-0.1, -0.05) is 23.7 Å². The van der Waals surface area contributed by atoms with E-state index >= 15 is 0 Å². The molecule has 1 aliphatic heterocycles. The summed E-state index contributed by atoms with van der Waals surface area (Å²) in [5, 5.41) is 3.45. The monoisotopic (exact) mass is 310 g/mol. The molecule has 2 rings (SSSR count). The second-order valence-electron chi connectivity index (χ2n) is 5.00. The van der Waals surface area contributed by atoms with Crippen LogP contribution in [0.4, 0.5) is 0 Å². The average molecular weight is 311 g/mol. The molecule has 0 aromatic heterocycles. The largest absolute Gasteiger partial charge is 0.378 e. The Kier molecular flexibility index (Phi) is 5.59. The first-order valence-electron chi connectivity index (χ1n) is 6.94. The van der Waals surface area contributed by atoms with Gasteiger partial charge in [0.25, 0.3) is 0 Å². The molecule has 1 atom stereocenters. The summed E-state index contributed by atoms with van der Waals surface area (Å²) in [5.41, 5.74) is 0.871. The summed E-state index contributed by atoms with van der Waals surface area (Å²) in [5.74, 6) is -0.142. The van der Waals surface area contributed by atoms with Crippen molar-refractivity contribution in [2.24, 2.45) is 0 Å². The first-order chi connectivity index (χ1) is 10.1. The van der Waals surface area contributed by atoms with E-state index in [1.807, 2.05) is 12.1 Å². The van der Waals surface area contributed by atoms with Crippen LogP contribution in [0.3, 0.4) is 0 Å². The molecule has 1 unspecified atom stereocenters. The Balaban J connectivity index is 2.06. The number of carbonyl (C=O) groups is 2. The van der Waals surface area contributed by atoms with E-state index < -0.39 is 0 Å². The first kappa shape index (κ1) is 15.8. The molecule has 0 bridgehead atoms. The smallest absolute Gasteiger partial charge is 0.225 e. The Bertz CT molecular complexity index is 498. The van der Waals surface area contributed by atoms with Crippen molar-refractivity contribution in [3.8, 4) is 0 Å². The van der Waals surface area contributed by atoms with Crippen molar-refractivity contribution >= 4 is 23.4 Å². The number of hydrogen-bond acceptors (Lipinski definition) is 3. The molecule has 0 spiro atoms. The lowest BCUT2D eigenvalue weighted by Crippen LogP contribution is -2.42. The van der Waals surface area contributed by atoms with E-state index in [9.17, 15) is 9.59 Å². The van der Waals surface area contributed by atoms with Crippen LogP contribution in [-0.2, 0) is 14.3 Å². The maximum atomic E-state index is 12.3. The van der Waals surface area contributed by atoms with Crippen LogP contribution in [0.25, 0.3) is 0 Å². The number of halogens is 1. The molecule has 1 N–H and O–H groups in total. The van der Waals surface area contributed by atoms with Gasteiger partial charge in [-0.05, 0) is 17.7 Å². The number of amides is 2. The molecule has 6 heteroatoms. The summed E-state index contributed by atoms with van der Waals surface area (Å²) in [4.78, 5) is 25.5. The molecule has 1 aromatic carbocycles. The van der Waals surface area contributed by atoms with Crippen molar-refractivity contribution in [3.63, 3.8) is 0 Å². The number of carbonyl (C=O) groups excluding carboxylic acids is 2. The second kappa shape index (κ2) is 7.43. The van der Waals surface area contributed by atoms with E-state index in [0.29, 0.717) is 31.3 Å². The second-order valence-corrected chi connectivity index (χ2v) is 5.44. The van der Waals surface area contributed by atoms with Crippen LogP contribution in [0.15, 0.2) is 24.3 Å². The van der Waals surface area contributed by atoms with Gasteiger partial charge in [0.1, 0.15) is 0 Å². The summed E-state index contributed by atoms with van der Waals surface area (Å²) >= 11 is 5.87. The third kappa shape index (κ3) is 4.72. The normalized spacial score (nSPS) is 16.4. The summed E-state index contributed by atoms with van der Waals surface area (Å²) in [6.07, 6.45) is 0.237. The molecule has 0 radical (unpaired) electrons. The minimum atomic E-state index is -0.338. The Labute approximate surface area is 129 Å². The molecule has 1 saturated heterocycles. The van der Waals surface area contributed by atoms with Crippen molar-refractivity contribution in [2.45, 2.75) is 19.4 Å². The van der Waals surface area contributed by atoms with Gasteiger partial charge in [0.15, 0.2) is 0 Å². The fourth-order valence-corrected chi connectivity index (χ4v) is 2.44. The molecule has 114 valence electrons. The van der Waals surface area contributed by atoms with Crippen molar-refractivity contribution in [2.75, 3.05) is 26.3 Å². The maximum Gasteiger partial charge on any atom is 0.225 e. The zero-order chi connectivity index (χ0) is 15.2. The van der Waals surface area contributed by atoms with Gasteiger partial charge in [0.2, 0.25) is 11.8 Å². The van der Waals surface area contributed by atoms with E-state index in [-0.39, 0.29) is 24.3 Å². The highest BCUT2D eigenvalue weighted by Crippen LogP contribution is 2.20. The molecule has 0 aliphatic carbocycles. The van der Waals surface area contributed by atoms with Crippen molar-refractivity contribution in [1.29, 1.82) is 0 Å². The summed E-state index contributed by atoms with van der Waals surface area (Å²) in [6.45, 7) is 3.79. The number of benzene rings is 1. The Morgan fingerprint density at radius 2 is 1.90 bits per heavy atom. The quantitative estimate of drug-likeness (QED) is 0.922. The lowest BCUT2D eigenvalue weighted by atomic mass is 10.0. The number of nitrogens with zero attached hydrogens (tertiary/aromatic N) is 1. The highest BCUT2D eigenvalue weighted by Gasteiger charge is 2.22. The third-order valence-corrected chi connectivity index (χ3v) is 3.64. The van der Waals surface area contributed by atoms with Crippen molar-refractivity contribution in [1.82, 2.24) is 10.2 Å². The van der Waals surface area contributed by atoms with Crippen LogP contribution in [0, 0.1) is 0 Å². The van der Waals surface area contributed by atoms with Crippen LogP contribution >= 0.6 is 11.6 Å². The number of rotatable bonds is 4. The standard InChI is InChI=1S/C15H19ClN2O3/c1-11(19)17-14(12-2-4-13(16)5-3-12)10-15(20)18-6-8-21-9-7-18/h2-5,14H,6-10H2,1H3,(H,17,19). The molecule has 0 saturated carbocycles. The highest BCUT2D eigenvalue weighted by atomic mass is 35.5. The Morgan fingerprint density at radius 3 is 2.48 bits per heavy atom. The maximum absolute atomic E-state index is 12.3. The minimum absolute atomic E-state index is 0.0204. The van der Waals surface area contributed by atoms with Gasteiger partial charge in [-0.3, -0.25) is 9.59 Å². The van der Waals surface area contributed by atoms with E-state index in [0.717, 1.165) is 5.56 Å². The number of ether oxygens (including phenoxy) is 1. The van der Waals surface area contributed by atoms with Gasteiger partial charge in [-0.15, -0.1) is 0 Å². The Morgan fingerprint density at radius 1 is 1.29 bits per heavy atom. The fraction of sp³-hybridized carbons (Fsp3) is 0.467. The molecule has 2 amide bonds. The van der Waals surface area contributed by atoms with Crippen LogP contribution < -0.4 is 5.32 Å². The van der Waals surface area contributed by atoms with Crippen LogP contribution in [0.5, 0.6) is 0 Å². The third-order valence-electron chi connectivity index (χ3n) is 3.39. The van der Waals surface area contributed by atoms with Crippen LogP contribution in [0.1, 0.15) is 24.9 Å². The van der Waals surface area contributed by atoms with Gasteiger partial charge in [-0.2, -0.15) is 0 Å². The zero-order valence-corrected chi connectivity index (χ0v) is 12.7. The van der Waals surface area contributed by atoms with Gasteiger partial charge >= 0.3 is 0 Å². The van der Waals surface area contributed by atoms with Gasteiger partial charge in [0.05, 0.1) is 25.7 Å². The van der Waals surface area contributed by atoms with Crippen molar-refractivity contribution in [3.05, 3.63) is 34.9 Å². The fourth-order valence-electron chi connectivity index (χ4n) is 2.31. The molecule has 5 nitrogen and oxygen atoms in total. The van der Waals surface area contributed by atoms with Gasteiger partial charge < -0.3 is 15.0 Å². The van der Waals surface area contributed by atoms with Crippen LogP contribution in [-0.4, -0.2) is 43.0 Å². The molecule has 1 heterocycles. The number of morpholine rings is 1. The predicted molar refractivity (Wildman–Crippen MR) is 80.0 cm³/mol. The topological polar surface area (TPSA) is 58.6 Å². The van der Waals surface area contributed by atoms with E-state index in [1.54, 1.807) is 17.0 Å². The zero-order valence-electron chi connectivity index (χ0n) is 12.0. The SMILES string of the molecule is CC(=O)NC(CC(=O)N1CCOCC1)c1ccc(Cl)cc1. The highest BCUT2D eigenvalue weighted by molar-refractivity contribution is 6.30. The summed E-state index contributed by atoms with van der Waals surface area (Å²) < 4.78 is 5.24. The van der Waals surface area contributed by atoms with Crippen LogP contribution in [0.2, 0.25) is 5.02 Å². The van der Waals surface area contributed by atoms with E-state index in [2.05, 4.69) is 5.32 Å². The number of hydrogen-bond donors (Lipinski definition) is 1. The van der Waals surface area contributed by atoms with E-state index in [4.69, 9.17) is 16.3 Å². The Hall–Kier alpha value is -1.59. The molecule has 21 heavy (non-hydrogen) atoms. The average Bonchev–Trinajstić information content (AvgIpc) is 2.48. The first-order valence-corrected chi connectivity index (χ1v) is 7.32.